The molecular formula is C13H11FO8. The molecule has 22 heavy (non-hydrogen) atoms. The van der Waals surface area contributed by atoms with Crippen molar-refractivity contribution in [3.8, 4) is 5.75 Å². The second-order valence-corrected chi connectivity index (χ2v) is 3.91. The summed E-state index contributed by atoms with van der Waals surface area (Å²) in [6.07, 6.45) is -0.502. The van der Waals surface area contributed by atoms with E-state index < -0.39 is 43.3 Å². The minimum atomic E-state index is -1.23. The Morgan fingerprint density at radius 2 is 1.82 bits per heavy atom. The Kier molecular flexibility index (Phi) is 6.48. The van der Waals surface area contributed by atoms with E-state index in [1.165, 1.54) is 6.07 Å². The minimum Gasteiger partial charge on any atom is -0.507 e. The van der Waals surface area contributed by atoms with Crippen LogP contribution in [0.3, 0.4) is 0 Å². The number of carbonyl (C=O) groups is 4. The van der Waals surface area contributed by atoms with Gasteiger partial charge in [0.25, 0.3) is 0 Å². The van der Waals surface area contributed by atoms with Crippen molar-refractivity contribution < 1.29 is 43.2 Å². The first kappa shape index (κ1) is 17.1. The van der Waals surface area contributed by atoms with Crippen LogP contribution in [0.15, 0.2) is 18.2 Å². The summed E-state index contributed by atoms with van der Waals surface area (Å²) >= 11 is 0. The molecule has 0 amide bonds. The van der Waals surface area contributed by atoms with E-state index in [1.54, 1.807) is 0 Å². The maximum absolute atomic E-state index is 11.6. The summed E-state index contributed by atoms with van der Waals surface area (Å²) in [5.41, 5.74) is -0.131. The quantitative estimate of drug-likeness (QED) is 0.451. The van der Waals surface area contributed by atoms with Crippen LogP contribution in [-0.4, -0.2) is 36.1 Å². The third-order valence-electron chi connectivity index (χ3n) is 2.41. The maximum Gasteiger partial charge on any atom is 0.349 e. The van der Waals surface area contributed by atoms with Gasteiger partial charge in [-0.05, 0) is 18.2 Å². The summed E-state index contributed by atoms with van der Waals surface area (Å²) in [6, 6.07) is 3.53. The number of aldehydes is 1. The molecule has 0 unspecified atom stereocenters. The second kappa shape index (κ2) is 8.35. The van der Waals surface area contributed by atoms with Crippen LogP contribution in [0.25, 0.3) is 0 Å². The van der Waals surface area contributed by atoms with Crippen molar-refractivity contribution in [3.05, 3.63) is 29.3 Å². The Bertz CT molecular complexity index is 583. The molecule has 1 rings (SSSR count). The normalized spacial score (nSPS) is 9.68. The van der Waals surface area contributed by atoms with Crippen molar-refractivity contribution in [2.24, 2.45) is 0 Å². The van der Waals surface area contributed by atoms with Crippen molar-refractivity contribution in [1.82, 2.24) is 0 Å². The highest BCUT2D eigenvalue weighted by Crippen LogP contribution is 2.18. The van der Waals surface area contributed by atoms with Crippen LogP contribution in [0.1, 0.15) is 33.6 Å². The van der Waals surface area contributed by atoms with Crippen LogP contribution in [0.2, 0.25) is 0 Å². The Morgan fingerprint density at radius 1 is 1.14 bits per heavy atom. The van der Waals surface area contributed by atoms with Gasteiger partial charge < -0.3 is 14.6 Å². The Morgan fingerprint density at radius 3 is 2.45 bits per heavy atom. The zero-order valence-corrected chi connectivity index (χ0v) is 11.1. The van der Waals surface area contributed by atoms with E-state index in [9.17, 15) is 28.8 Å². The van der Waals surface area contributed by atoms with Gasteiger partial charge in [0.2, 0.25) is 6.79 Å². The second-order valence-electron chi connectivity index (χ2n) is 3.91. The third-order valence-corrected chi connectivity index (χ3v) is 2.41. The molecule has 9 heteroatoms. The number of rotatable bonds is 7. The molecule has 0 aliphatic carbocycles. The molecular weight excluding hydrogens is 303 g/mol. The van der Waals surface area contributed by atoms with E-state index in [0.29, 0.717) is 6.29 Å². The van der Waals surface area contributed by atoms with Gasteiger partial charge in [-0.3, -0.25) is 14.5 Å². The minimum absolute atomic E-state index is 0.145. The number of hydrogen-bond acceptors (Lipinski definition) is 8. The molecule has 0 heterocycles. The smallest absolute Gasteiger partial charge is 0.349 e. The van der Waals surface area contributed by atoms with Gasteiger partial charge in [-0.1, -0.05) is 0 Å². The lowest BCUT2D eigenvalue weighted by atomic mass is 10.1. The number of benzene rings is 1. The highest BCUT2D eigenvalue weighted by atomic mass is 19.3. The van der Waals surface area contributed by atoms with Crippen molar-refractivity contribution in [2.75, 3.05) is 6.79 Å². The average Bonchev–Trinajstić information content (AvgIpc) is 2.52. The van der Waals surface area contributed by atoms with Gasteiger partial charge in [-0.25, -0.2) is 9.59 Å². The molecule has 0 saturated heterocycles. The van der Waals surface area contributed by atoms with Crippen LogP contribution in [0, 0.1) is 0 Å². The zero-order chi connectivity index (χ0) is 16.5. The van der Waals surface area contributed by atoms with Crippen LogP contribution < -0.4 is 0 Å². The summed E-state index contributed by atoms with van der Waals surface area (Å²) in [5.74, 6) is -3.57. The van der Waals surface area contributed by atoms with E-state index >= 15 is 0 Å². The largest absolute Gasteiger partial charge is 0.507 e. The first-order valence-electron chi connectivity index (χ1n) is 5.90. The molecule has 1 N–H and O–H groups in total. The highest BCUT2D eigenvalue weighted by molar-refractivity contribution is 5.94. The van der Waals surface area contributed by atoms with E-state index in [0.717, 1.165) is 12.1 Å². The highest BCUT2D eigenvalue weighted by Gasteiger charge is 2.15. The van der Waals surface area contributed by atoms with Crippen LogP contribution in [0.4, 0.5) is 4.53 Å². The molecule has 0 saturated carbocycles. The fourth-order valence-electron chi connectivity index (χ4n) is 1.33. The Hall–Kier alpha value is -2.97. The van der Waals surface area contributed by atoms with Gasteiger partial charge in [0.15, 0.2) is 0 Å². The molecule has 8 nitrogen and oxygen atoms in total. The number of ether oxygens (including phenoxy) is 2. The van der Waals surface area contributed by atoms with E-state index in [1.807, 2.05) is 0 Å². The van der Waals surface area contributed by atoms with Gasteiger partial charge in [0.1, 0.15) is 17.6 Å². The van der Waals surface area contributed by atoms with Crippen molar-refractivity contribution in [2.45, 2.75) is 12.8 Å². The maximum atomic E-state index is 11.6. The fourth-order valence-corrected chi connectivity index (χ4v) is 1.33. The van der Waals surface area contributed by atoms with Gasteiger partial charge >= 0.3 is 17.9 Å². The van der Waals surface area contributed by atoms with Crippen LogP contribution >= 0.6 is 0 Å². The monoisotopic (exact) mass is 314 g/mol. The molecule has 1 aromatic carbocycles. The molecule has 0 fully saturated rings. The predicted molar refractivity (Wildman–Crippen MR) is 66.3 cm³/mol. The predicted octanol–water partition coefficient (Wildman–Crippen LogP) is 1.07. The van der Waals surface area contributed by atoms with Crippen LogP contribution in [-0.2, 0) is 24.0 Å². The molecule has 118 valence electrons. The molecule has 0 radical (unpaired) electrons. The topological polar surface area (TPSA) is 116 Å². The number of aromatic hydroxyl groups is 1. The molecule has 0 spiro atoms. The lowest BCUT2D eigenvalue weighted by Gasteiger charge is -2.07. The zero-order valence-electron chi connectivity index (χ0n) is 11.1. The molecule has 0 bridgehead atoms. The number of hydrogen-bond donors (Lipinski definition) is 1. The number of esters is 2. The van der Waals surface area contributed by atoms with E-state index in [2.05, 4.69) is 14.4 Å². The summed E-state index contributed by atoms with van der Waals surface area (Å²) in [5, 5.41) is 9.47. The van der Waals surface area contributed by atoms with Gasteiger partial charge in [0, 0.05) is 10.1 Å². The fraction of sp³-hybridized carbons (Fsp3) is 0.231. The molecule has 0 aliphatic rings. The van der Waals surface area contributed by atoms with Gasteiger partial charge in [0.05, 0.1) is 12.8 Å². The van der Waals surface area contributed by atoms with Gasteiger partial charge in [-0.15, -0.1) is 0 Å². The first-order chi connectivity index (χ1) is 10.5. The summed E-state index contributed by atoms with van der Waals surface area (Å²) in [4.78, 5) is 46.6. The summed E-state index contributed by atoms with van der Waals surface area (Å²) in [6.45, 7) is -0.771. The standard InChI is InChI=1S/C13H11FO8/c14-22-12(18)4-3-11(17)20-7-21-13(19)9-5-8(6-15)1-2-10(9)16/h1-2,5-6,16H,3-4,7H2. The van der Waals surface area contributed by atoms with Gasteiger partial charge in [-0.2, -0.15) is 0 Å². The van der Waals surface area contributed by atoms with Crippen molar-refractivity contribution in [1.29, 1.82) is 0 Å². The lowest BCUT2D eigenvalue weighted by Crippen LogP contribution is -2.14. The van der Waals surface area contributed by atoms with Crippen molar-refractivity contribution in [3.63, 3.8) is 0 Å². The Labute approximate surface area is 123 Å². The molecule has 1 aromatic rings. The average molecular weight is 314 g/mol. The SMILES string of the molecule is O=Cc1ccc(O)c(C(=O)OCOC(=O)CCC(=O)OF)c1. The first-order valence-corrected chi connectivity index (χ1v) is 5.90. The number of carbonyl (C=O) groups excluding carboxylic acids is 4. The molecule has 0 atom stereocenters. The summed E-state index contributed by atoms with van der Waals surface area (Å²) in [7, 11) is 0. The van der Waals surface area contributed by atoms with E-state index in [4.69, 9.17) is 0 Å². The van der Waals surface area contributed by atoms with Crippen LogP contribution in [0.5, 0.6) is 5.75 Å². The third kappa shape index (κ3) is 5.19. The number of phenolic OH excluding ortho intramolecular Hbond substituents is 1. The van der Waals surface area contributed by atoms with Crippen molar-refractivity contribution >= 4 is 24.2 Å². The summed E-state index contributed by atoms with van der Waals surface area (Å²) < 4.78 is 20.4. The number of halogens is 1. The van der Waals surface area contributed by atoms with E-state index in [-0.39, 0.29) is 11.1 Å². The number of phenols is 1. The molecule has 0 aromatic heterocycles. The lowest BCUT2D eigenvalue weighted by molar-refractivity contribution is -0.185. The molecule has 0 aliphatic heterocycles. The Balaban J connectivity index is 2.45.